The quantitative estimate of drug-likeness (QED) is 0.853. The number of piperidine rings is 1. The van der Waals surface area contributed by atoms with Crippen molar-refractivity contribution in [3.63, 3.8) is 0 Å². The van der Waals surface area contributed by atoms with Crippen LogP contribution in [0, 0.1) is 5.92 Å². The van der Waals surface area contributed by atoms with Crippen LogP contribution in [0.25, 0.3) is 0 Å². The fourth-order valence-electron chi connectivity index (χ4n) is 2.60. The summed E-state index contributed by atoms with van der Waals surface area (Å²) in [4.78, 5) is 2.48. The van der Waals surface area contributed by atoms with Crippen molar-refractivity contribution in [1.82, 2.24) is 15.5 Å². The van der Waals surface area contributed by atoms with E-state index in [1.54, 1.807) is 6.20 Å². The summed E-state index contributed by atoms with van der Waals surface area (Å²) in [5, 5.41) is 11.7. The summed E-state index contributed by atoms with van der Waals surface area (Å²) in [5.41, 5.74) is 0. The maximum Gasteiger partial charge on any atom is 0.151 e. The highest BCUT2D eigenvalue weighted by atomic mass is 15.3. The van der Waals surface area contributed by atoms with Gasteiger partial charge in [-0.15, -0.1) is 5.10 Å². The molecule has 0 aromatic carbocycles. The molecule has 4 heteroatoms. The van der Waals surface area contributed by atoms with Gasteiger partial charge < -0.3 is 10.2 Å². The fourth-order valence-corrected chi connectivity index (χ4v) is 2.60. The summed E-state index contributed by atoms with van der Waals surface area (Å²) >= 11 is 0. The van der Waals surface area contributed by atoms with Crippen LogP contribution in [0.4, 0.5) is 5.82 Å². The number of hydrogen-bond acceptors (Lipinski definition) is 4. The molecule has 0 spiro atoms. The van der Waals surface area contributed by atoms with Gasteiger partial charge in [0.1, 0.15) is 0 Å². The van der Waals surface area contributed by atoms with Gasteiger partial charge in [-0.3, -0.25) is 0 Å². The lowest BCUT2D eigenvalue weighted by atomic mass is 9.97. The molecule has 2 fully saturated rings. The smallest absolute Gasteiger partial charge is 0.151 e. The average Bonchev–Trinajstić information content (AvgIpc) is 3.23. The molecule has 3 rings (SSSR count). The monoisotopic (exact) mass is 232 g/mol. The summed E-state index contributed by atoms with van der Waals surface area (Å²) in [6, 6.07) is 4.80. The van der Waals surface area contributed by atoms with Gasteiger partial charge in [-0.2, -0.15) is 5.10 Å². The van der Waals surface area contributed by atoms with Gasteiger partial charge in [0.15, 0.2) is 5.82 Å². The first-order chi connectivity index (χ1) is 8.43. The summed E-state index contributed by atoms with van der Waals surface area (Å²) in [5.74, 6) is 1.88. The Bertz CT molecular complexity index is 344. The van der Waals surface area contributed by atoms with Crippen LogP contribution in [0.5, 0.6) is 0 Å². The molecular weight excluding hydrogens is 212 g/mol. The normalized spacial score (nSPS) is 21.4. The van der Waals surface area contributed by atoms with Gasteiger partial charge in [0.25, 0.3) is 0 Å². The third-order valence-electron chi connectivity index (χ3n) is 3.75. The molecule has 1 saturated carbocycles. The molecule has 0 amide bonds. The van der Waals surface area contributed by atoms with Crippen LogP contribution in [0.3, 0.4) is 0 Å². The van der Waals surface area contributed by atoms with Crippen LogP contribution >= 0.6 is 0 Å². The SMILES string of the molecule is c1cnnc(N(CC2CCNCC2)C2CC2)c1. The van der Waals surface area contributed by atoms with E-state index in [2.05, 4.69) is 26.5 Å². The highest BCUT2D eigenvalue weighted by Crippen LogP contribution is 2.31. The van der Waals surface area contributed by atoms with E-state index in [0.717, 1.165) is 24.3 Å². The van der Waals surface area contributed by atoms with Crippen LogP contribution < -0.4 is 10.2 Å². The number of aromatic nitrogens is 2. The van der Waals surface area contributed by atoms with E-state index in [-0.39, 0.29) is 0 Å². The van der Waals surface area contributed by atoms with Crippen LogP contribution in [0.15, 0.2) is 18.3 Å². The van der Waals surface area contributed by atoms with Crippen LogP contribution in [-0.4, -0.2) is 35.9 Å². The van der Waals surface area contributed by atoms with Crippen molar-refractivity contribution in [2.24, 2.45) is 5.92 Å². The molecule has 2 heterocycles. The molecule has 0 unspecified atom stereocenters. The van der Waals surface area contributed by atoms with Crippen molar-refractivity contribution in [3.05, 3.63) is 18.3 Å². The van der Waals surface area contributed by atoms with Gasteiger partial charge in [-0.25, -0.2) is 0 Å². The van der Waals surface area contributed by atoms with Crippen molar-refractivity contribution >= 4 is 5.82 Å². The van der Waals surface area contributed by atoms with Gasteiger partial charge in [-0.1, -0.05) is 0 Å². The minimum atomic E-state index is 0.724. The second-order valence-corrected chi connectivity index (χ2v) is 5.16. The summed E-state index contributed by atoms with van der Waals surface area (Å²) in [6.45, 7) is 3.50. The zero-order valence-corrected chi connectivity index (χ0v) is 10.2. The average molecular weight is 232 g/mol. The maximum absolute atomic E-state index is 4.27. The zero-order chi connectivity index (χ0) is 11.5. The molecule has 0 radical (unpaired) electrons. The minimum Gasteiger partial charge on any atom is -0.352 e. The van der Waals surface area contributed by atoms with Crippen molar-refractivity contribution in [2.75, 3.05) is 24.5 Å². The Labute approximate surface area is 102 Å². The Morgan fingerprint density at radius 3 is 2.71 bits per heavy atom. The topological polar surface area (TPSA) is 41.1 Å². The highest BCUT2D eigenvalue weighted by Gasteiger charge is 2.31. The molecule has 0 atom stereocenters. The van der Waals surface area contributed by atoms with E-state index >= 15 is 0 Å². The van der Waals surface area contributed by atoms with Crippen LogP contribution in [0.1, 0.15) is 25.7 Å². The Kier molecular flexibility index (Phi) is 3.22. The lowest BCUT2D eigenvalue weighted by Gasteiger charge is -2.30. The fraction of sp³-hybridized carbons (Fsp3) is 0.692. The Morgan fingerprint density at radius 1 is 1.24 bits per heavy atom. The van der Waals surface area contributed by atoms with Gasteiger partial charge in [0.05, 0.1) is 0 Å². The summed E-state index contributed by atoms with van der Waals surface area (Å²) < 4.78 is 0. The lowest BCUT2D eigenvalue weighted by Crippen LogP contribution is -2.37. The molecule has 1 N–H and O–H groups in total. The van der Waals surface area contributed by atoms with Gasteiger partial charge in [-0.05, 0) is 56.8 Å². The van der Waals surface area contributed by atoms with E-state index in [1.807, 2.05) is 6.07 Å². The summed E-state index contributed by atoms with van der Waals surface area (Å²) in [7, 11) is 0. The summed E-state index contributed by atoms with van der Waals surface area (Å²) in [6.07, 6.45) is 6.98. The number of hydrogen-bond donors (Lipinski definition) is 1. The Hall–Kier alpha value is -1.16. The Morgan fingerprint density at radius 2 is 2.06 bits per heavy atom. The first-order valence-corrected chi connectivity index (χ1v) is 6.68. The van der Waals surface area contributed by atoms with Crippen LogP contribution in [-0.2, 0) is 0 Å². The second kappa shape index (κ2) is 5.00. The number of rotatable bonds is 4. The van der Waals surface area contributed by atoms with Gasteiger partial charge in [0.2, 0.25) is 0 Å². The van der Waals surface area contributed by atoms with Crippen molar-refractivity contribution in [3.8, 4) is 0 Å². The van der Waals surface area contributed by atoms with Crippen molar-refractivity contribution in [2.45, 2.75) is 31.7 Å². The predicted molar refractivity (Wildman–Crippen MR) is 68.0 cm³/mol. The molecule has 1 aromatic rings. The van der Waals surface area contributed by atoms with Crippen molar-refractivity contribution in [1.29, 1.82) is 0 Å². The first-order valence-electron chi connectivity index (χ1n) is 6.68. The molecule has 1 aromatic heterocycles. The van der Waals surface area contributed by atoms with Gasteiger partial charge >= 0.3 is 0 Å². The second-order valence-electron chi connectivity index (χ2n) is 5.16. The number of nitrogens with zero attached hydrogens (tertiary/aromatic N) is 3. The van der Waals surface area contributed by atoms with E-state index in [0.29, 0.717) is 0 Å². The Balaban J connectivity index is 1.67. The van der Waals surface area contributed by atoms with E-state index < -0.39 is 0 Å². The first kappa shape index (κ1) is 11.0. The highest BCUT2D eigenvalue weighted by molar-refractivity contribution is 5.39. The molecule has 2 aliphatic rings. The molecule has 4 nitrogen and oxygen atoms in total. The van der Waals surface area contributed by atoms with E-state index in [9.17, 15) is 0 Å². The maximum atomic E-state index is 4.27. The van der Waals surface area contributed by atoms with Crippen molar-refractivity contribution < 1.29 is 0 Å². The molecule has 17 heavy (non-hydrogen) atoms. The van der Waals surface area contributed by atoms with Crippen LogP contribution in [0.2, 0.25) is 0 Å². The molecular formula is C13H20N4. The molecule has 0 bridgehead atoms. The largest absolute Gasteiger partial charge is 0.352 e. The van der Waals surface area contributed by atoms with E-state index in [4.69, 9.17) is 0 Å². The lowest BCUT2D eigenvalue weighted by molar-refractivity contribution is 0.372. The van der Waals surface area contributed by atoms with Gasteiger partial charge in [0, 0.05) is 18.8 Å². The zero-order valence-electron chi connectivity index (χ0n) is 10.2. The third-order valence-corrected chi connectivity index (χ3v) is 3.75. The predicted octanol–water partition coefficient (Wildman–Crippen LogP) is 1.44. The molecule has 1 aliphatic carbocycles. The van der Waals surface area contributed by atoms with E-state index in [1.165, 1.54) is 38.8 Å². The number of nitrogens with one attached hydrogen (secondary N) is 1. The standard InChI is InChI=1S/C13H20N4/c1-2-13(16-15-7-1)17(12-3-4-12)10-11-5-8-14-9-6-11/h1-2,7,11-12,14H,3-6,8-10H2. The number of anilines is 1. The third kappa shape index (κ3) is 2.75. The molecule has 1 aliphatic heterocycles. The molecule has 92 valence electrons. The minimum absolute atomic E-state index is 0.724. The molecule has 1 saturated heterocycles.